The van der Waals surface area contributed by atoms with Gasteiger partial charge in [0.2, 0.25) is 0 Å². The summed E-state index contributed by atoms with van der Waals surface area (Å²) in [6.07, 6.45) is 3.12. The third kappa shape index (κ3) is 4.77. The molecule has 0 bridgehead atoms. The van der Waals surface area contributed by atoms with Gasteiger partial charge in [-0.1, -0.05) is 20.8 Å². The van der Waals surface area contributed by atoms with Crippen LogP contribution in [0.5, 0.6) is 0 Å². The van der Waals surface area contributed by atoms with Gasteiger partial charge >= 0.3 is 5.97 Å². The van der Waals surface area contributed by atoms with E-state index < -0.39 is 5.54 Å². The van der Waals surface area contributed by atoms with Gasteiger partial charge in [-0.3, -0.25) is 4.79 Å². The number of hydrogen-bond donors (Lipinski definition) is 1. The van der Waals surface area contributed by atoms with E-state index in [1.165, 1.54) is 26.6 Å². The Morgan fingerprint density at radius 1 is 1.47 bits per heavy atom. The molecule has 0 aromatic heterocycles. The molecule has 0 aliphatic carbocycles. The molecule has 1 N–H and O–H groups in total. The van der Waals surface area contributed by atoms with E-state index in [-0.39, 0.29) is 5.97 Å². The van der Waals surface area contributed by atoms with E-state index in [1.807, 2.05) is 13.8 Å². The molecule has 0 spiro atoms. The van der Waals surface area contributed by atoms with E-state index >= 15 is 0 Å². The minimum atomic E-state index is -0.543. The molecule has 1 heterocycles. The van der Waals surface area contributed by atoms with Gasteiger partial charge in [-0.15, -0.1) is 0 Å². The number of nitrogens with zero attached hydrogens (tertiary/aromatic N) is 1. The summed E-state index contributed by atoms with van der Waals surface area (Å²) in [5, 5.41) is 3.26. The molecule has 0 aromatic rings. The molecule has 0 radical (unpaired) electrons. The van der Waals surface area contributed by atoms with E-state index in [1.54, 1.807) is 0 Å². The SMILES string of the molecule is CCNC(C)(CCCN1CCC(C)(C)C1)C(=O)OC. The highest BCUT2D eigenvalue weighted by molar-refractivity contribution is 5.80. The number of esters is 1. The van der Waals surface area contributed by atoms with Gasteiger partial charge in [-0.2, -0.15) is 0 Å². The van der Waals surface area contributed by atoms with Crippen LogP contribution in [0.2, 0.25) is 0 Å². The molecule has 0 saturated carbocycles. The third-order valence-electron chi connectivity index (χ3n) is 4.11. The summed E-state index contributed by atoms with van der Waals surface area (Å²) in [4.78, 5) is 14.4. The van der Waals surface area contributed by atoms with E-state index in [0.29, 0.717) is 5.41 Å². The molecule has 19 heavy (non-hydrogen) atoms. The summed E-state index contributed by atoms with van der Waals surface area (Å²) < 4.78 is 4.91. The first-order valence-corrected chi connectivity index (χ1v) is 7.39. The minimum absolute atomic E-state index is 0.156. The van der Waals surface area contributed by atoms with Crippen LogP contribution < -0.4 is 5.32 Å². The predicted octanol–water partition coefficient (Wildman–Crippen LogP) is 2.04. The molecular weight excluding hydrogens is 240 g/mol. The third-order valence-corrected chi connectivity index (χ3v) is 4.11. The van der Waals surface area contributed by atoms with Gasteiger partial charge < -0.3 is 15.0 Å². The first-order valence-electron chi connectivity index (χ1n) is 7.39. The van der Waals surface area contributed by atoms with Gasteiger partial charge in [0.05, 0.1) is 7.11 Å². The first-order chi connectivity index (χ1) is 8.83. The lowest BCUT2D eigenvalue weighted by molar-refractivity contribution is -0.148. The average Bonchev–Trinajstić information content (AvgIpc) is 2.68. The zero-order chi connectivity index (χ0) is 14.5. The van der Waals surface area contributed by atoms with Crippen molar-refractivity contribution in [2.45, 2.75) is 52.5 Å². The van der Waals surface area contributed by atoms with Crippen molar-refractivity contribution in [1.29, 1.82) is 0 Å². The Morgan fingerprint density at radius 3 is 2.63 bits per heavy atom. The molecule has 1 saturated heterocycles. The molecule has 1 aliphatic heterocycles. The van der Waals surface area contributed by atoms with Crippen LogP contribution >= 0.6 is 0 Å². The average molecular weight is 270 g/mol. The number of carbonyl (C=O) groups is 1. The van der Waals surface area contributed by atoms with Gasteiger partial charge in [0.25, 0.3) is 0 Å². The monoisotopic (exact) mass is 270 g/mol. The second-order valence-electron chi connectivity index (χ2n) is 6.65. The fourth-order valence-corrected chi connectivity index (χ4v) is 2.95. The minimum Gasteiger partial charge on any atom is -0.468 e. The molecule has 0 aromatic carbocycles. The van der Waals surface area contributed by atoms with Crippen LogP contribution in [0.3, 0.4) is 0 Å². The molecule has 0 amide bonds. The molecule has 1 aliphatic rings. The van der Waals surface area contributed by atoms with Crippen molar-refractivity contribution in [3.8, 4) is 0 Å². The van der Waals surface area contributed by atoms with Gasteiger partial charge in [0, 0.05) is 6.54 Å². The topological polar surface area (TPSA) is 41.6 Å². The first kappa shape index (κ1) is 16.4. The summed E-state index contributed by atoms with van der Waals surface area (Å²) in [5.74, 6) is -0.156. The largest absolute Gasteiger partial charge is 0.468 e. The number of likely N-dealkylation sites (tertiary alicyclic amines) is 1. The van der Waals surface area contributed by atoms with Crippen LogP contribution in [0, 0.1) is 5.41 Å². The van der Waals surface area contributed by atoms with Crippen molar-refractivity contribution in [2.75, 3.05) is 33.3 Å². The molecule has 1 rings (SSSR count). The lowest BCUT2D eigenvalue weighted by Crippen LogP contribution is -2.50. The molecule has 4 nitrogen and oxygen atoms in total. The number of nitrogens with one attached hydrogen (secondary N) is 1. The van der Waals surface area contributed by atoms with Crippen molar-refractivity contribution < 1.29 is 9.53 Å². The smallest absolute Gasteiger partial charge is 0.325 e. The molecule has 1 atom stereocenters. The van der Waals surface area contributed by atoms with E-state index in [2.05, 4.69) is 24.1 Å². The predicted molar refractivity (Wildman–Crippen MR) is 78.2 cm³/mol. The Hall–Kier alpha value is -0.610. The summed E-state index contributed by atoms with van der Waals surface area (Å²) in [5.41, 5.74) is -0.0912. The Kier molecular flexibility index (Phi) is 5.81. The van der Waals surface area contributed by atoms with Crippen molar-refractivity contribution in [2.24, 2.45) is 5.41 Å². The molecule has 112 valence electrons. The Balaban J connectivity index is 2.39. The maximum atomic E-state index is 11.9. The fraction of sp³-hybridized carbons (Fsp3) is 0.933. The van der Waals surface area contributed by atoms with Crippen molar-refractivity contribution in [3.05, 3.63) is 0 Å². The number of rotatable bonds is 7. The molecule has 1 unspecified atom stereocenters. The Bertz CT molecular complexity index is 305. The highest BCUT2D eigenvalue weighted by Gasteiger charge is 2.34. The maximum Gasteiger partial charge on any atom is 0.325 e. The van der Waals surface area contributed by atoms with Gasteiger partial charge in [-0.25, -0.2) is 0 Å². The fourth-order valence-electron chi connectivity index (χ4n) is 2.95. The second-order valence-corrected chi connectivity index (χ2v) is 6.65. The van der Waals surface area contributed by atoms with E-state index in [0.717, 1.165) is 25.9 Å². The molecular formula is C15H30N2O2. The molecule has 1 fully saturated rings. The summed E-state index contributed by atoms with van der Waals surface area (Å²) in [6.45, 7) is 12.8. The van der Waals surface area contributed by atoms with Crippen LogP contribution in [0.15, 0.2) is 0 Å². The molecule has 4 heteroatoms. The van der Waals surface area contributed by atoms with Crippen molar-refractivity contribution >= 4 is 5.97 Å². The number of hydrogen-bond acceptors (Lipinski definition) is 4. The number of carbonyl (C=O) groups excluding carboxylic acids is 1. The van der Waals surface area contributed by atoms with Crippen LogP contribution in [0.25, 0.3) is 0 Å². The van der Waals surface area contributed by atoms with Gasteiger partial charge in [0.15, 0.2) is 0 Å². The van der Waals surface area contributed by atoms with E-state index in [4.69, 9.17) is 4.74 Å². The van der Waals surface area contributed by atoms with Crippen LogP contribution in [-0.2, 0) is 9.53 Å². The number of likely N-dealkylation sites (N-methyl/N-ethyl adjacent to an activating group) is 1. The Morgan fingerprint density at radius 2 is 2.16 bits per heavy atom. The van der Waals surface area contributed by atoms with Crippen molar-refractivity contribution in [3.63, 3.8) is 0 Å². The lowest BCUT2D eigenvalue weighted by atomic mass is 9.93. The van der Waals surface area contributed by atoms with Gasteiger partial charge in [0.1, 0.15) is 5.54 Å². The summed E-state index contributed by atoms with van der Waals surface area (Å²) in [6, 6.07) is 0. The van der Waals surface area contributed by atoms with E-state index in [9.17, 15) is 4.79 Å². The van der Waals surface area contributed by atoms with Crippen LogP contribution in [0.4, 0.5) is 0 Å². The normalized spacial score (nSPS) is 22.2. The van der Waals surface area contributed by atoms with Crippen LogP contribution in [0.1, 0.15) is 47.0 Å². The number of ether oxygens (including phenoxy) is 1. The standard InChI is InChI=1S/C15H30N2O2/c1-6-16-15(4,13(18)19-5)8-7-10-17-11-9-14(2,3)12-17/h16H,6-12H2,1-5H3. The highest BCUT2D eigenvalue weighted by atomic mass is 16.5. The zero-order valence-electron chi connectivity index (χ0n) is 13.2. The quantitative estimate of drug-likeness (QED) is 0.719. The zero-order valence-corrected chi connectivity index (χ0v) is 13.2. The number of methoxy groups -OCH3 is 1. The Labute approximate surface area is 117 Å². The summed E-state index contributed by atoms with van der Waals surface area (Å²) >= 11 is 0. The maximum absolute atomic E-state index is 11.9. The van der Waals surface area contributed by atoms with Gasteiger partial charge in [-0.05, 0) is 51.2 Å². The highest BCUT2D eigenvalue weighted by Crippen LogP contribution is 2.29. The second kappa shape index (κ2) is 6.71. The van der Waals surface area contributed by atoms with Crippen molar-refractivity contribution in [1.82, 2.24) is 10.2 Å². The lowest BCUT2D eigenvalue weighted by Gasteiger charge is -2.28. The van der Waals surface area contributed by atoms with Crippen LogP contribution in [-0.4, -0.2) is 49.7 Å². The summed E-state index contributed by atoms with van der Waals surface area (Å²) in [7, 11) is 1.46.